The first kappa shape index (κ1) is 81.8. The fraction of sp³-hybridized carbons (Fsp3) is 0.0147. The molecule has 682 valence electrons. The molecule has 0 radical (unpaired) electrons. The molecule has 0 amide bonds. The van der Waals surface area contributed by atoms with Crippen molar-refractivity contribution in [1.29, 1.82) is 5.26 Å². The highest BCUT2D eigenvalue weighted by atomic mass is 16.3. The Bertz CT molecular complexity index is 11100. The lowest BCUT2D eigenvalue weighted by Crippen LogP contribution is -2.21. The largest absolute Gasteiger partial charge is 0.455 e. The Morgan fingerprint density at radius 1 is 0.259 bits per heavy atom. The Morgan fingerprint density at radius 3 is 1.09 bits per heavy atom. The molecule has 3 aliphatic carbocycles. The Kier molecular flexibility index (Phi) is 17.7. The van der Waals surface area contributed by atoms with Crippen LogP contribution in [0, 0.1) is 29.7 Å². The summed E-state index contributed by atoms with van der Waals surface area (Å²) in [6, 6.07) is 159. The molecule has 2 unspecified atom stereocenters. The molecule has 11 heteroatoms. The van der Waals surface area contributed by atoms with Crippen molar-refractivity contribution in [2.75, 3.05) is 0 Å². The van der Waals surface area contributed by atoms with Crippen molar-refractivity contribution in [2.24, 2.45) is 11.8 Å². The summed E-state index contributed by atoms with van der Waals surface area (Å²) in [5, 5.41) is 33.0. The van der Waals surface area contributed by atoms with E-state index >= 15 is 0 Å². The average molecular weight is 1870 g/mol. The molecule has 147 heavy (non-hydrogen) atoms. The standard InChI is InChI=1S/C50H28N4O.C46H28N2O.C40H24N2O/c1-52-36-21-19-33(20-22-36)35-27-34(32-17-15-31(30-51)16-18-32)28-38(29-35)54-45-25-23-40-39-11-6-8-14-46(39)55-50(40)48(45)42-24-26-44-47(49(42)54)41-12-5-7-13-43(41)53(44)37-9-3-2-4-10-37;1-2-11-27(12-3-1)47-37-19-8-6-16-35(37)43-39(47)26-23-36-44-40(25-22-33-30-15-7-9-20-41(30)49-46(33)44)48(45(36)43)38-24-21-32-29-14-5-4-13-28(29)31-17-10-18-34(38)42(31)32;1-2-13-26(14-3-1)41-33-18-8-6-17-30(33)37-34(41)24-22-31-38-35(23-21-29-28-16-7-9-20-36(28)43-40(29)38)42(39(31)37)32-19-10-12-25-11-4-5-15-27(25)32/h2-29H;1-26,34,42H;1-24H. The topological polar surface area (TPSA) is 97.2 Å². The monoisotopic (exact) mass is 1870 g/mol. The predicted molar refractivity (Wildman–Crippen MR) is 608 cm³/mol. The fourth-order valence-corrected chi connectivity index (χ4v) is 25.2. The van der Waals surface area contributed by atoms with Gasteiger partial charge in [-0.2, -0.15) is 5.26 Å². The summed E-state index contributed by atoms with van der Waals surface area (Å²) in [4.78, 5) is 3.64. The van der Waals surface area contributed by atoms with Gasteiger partial charge in [-0.15, -0.1) is 0 Å². The average Bonchev–Trinajstić information content (AvgIpc) is 1.58. The van der Waals surface area contributed by atoms with Gasteiger partial charge in [-0.05, 0) is 238 Å². The molecule has 0 bridgehead atoms. The van der Waals surface area contributed by atoms with Crippen molar-refractivity contribution >= 4 is 230 Å². The first-order valence-electron chi connectivity index (χ1n) is 50.0. The Hall–Kier alpha value is -20.0. The van der Waals surface area contributed by atoms with Gasteiger partial charge in [-0.25, -0.2) is 4.85 Å². The number of hydrogen-bond donors (Lipinski definition) is 0. The number of hydrogen-bond acceptors (Lipinski definition) is 4. The van der Waals surface area contributed by atoms with Gasteiger partial charge in [0.25, 0.3) is 0 Å². The first-order chi connectivity index (χ1) is 72.9. The van der Waals surface area contributed by atoms with E-state index in [4.69, 9.17) is 19.8 Å². The normalized spacial score (nSPS) is 13.9. The SMILES string of the molecule is C1=CC2C(n3c4ccc5c6ccccc6oc5c4c4ccc5c(c6ccccc6n5-c5ccccc5)c43)=CC=C3c4ccccc4C(=C1)C32.[C-]#[N+]c1ccc(-c2cc(-c3ccc(C#N)cc3)cc(-n3c4ccc5c6ccccc6oc5c4c4ccc5c(c6ccccc6n5-c5ccccc5)c43)c2)cc1.c1ccc(-n2c3ccccc3c3c2ccc2c4c5oc6ccccc6c5ccc4n(-c4cccc5ccccc45)c23)cc1. The lowest BCUT2D eigenvalue weighted by molar-refractivity contribution is 0.672. The molecule has 30 aromatic rings. The highest BCUT2D eigenvalue weighted by Gasteiger charge is 2.42. The van der Waals surface area contributed by atoms with E-state index in [0.717, 1.165) is 171 Å². The molecule has 0 saturated carbocycles. The van der Waals surface area contributed by atoms with Crippen LogP contribution in [0.3, 0.4) is 0 Å². The van der Waals surface area contributed by atoms with Gasteiger partial charge >= 0.3 is 0 Å². The zero-order chi connectivity index (χ0) is 96.5. The Labute approximate surface area is 839 Å². The molecule has 9 heterocycles. The maximum absolute atomic E-state index is 9.58. The van der Waals surface area contributed by atoms with Crippen LogP contribution in [0.4, 0.5) is 5.69 Å². The Morgan fingerprint density at radius 2 is 0.626 bits per heavy atom. The fourth-order valence-electron chi connectivity index (χ4n) is 25.2. The van der Waals surface area contributed by atoms with Gasteiger partial charge in [-0.1, -0.05) is 285 Å². The Balaban J connectivity index is 0.000000101. The highest BCUT2D eigenvalue weighted by Crippen LogP contribution is 2.58. The molecular weight excluding hydrogens is 1790 g/mol. The van der Waals surface area contributed by atoms with Gasteiger partial charge in [0.05, 0.1) is 106 Å². The van der Waals surface area contributed by atoms with Crippen LogP contribution in [-0.2, 0) is 0 Å². The van der Waals surface area contributed by atoms with Gasteiger partial charge in [0.2, 0.25) is 0 Å². The van der Waals surface area contributed by atoms with Gasteiger partial charge < -0.3 is 40.7 Å². The summed E-state index contributed by atoms with van der Waals surface area (Å²) in [7, 11) is 0. The molecule has 11 nitrogen and oxygen atoms in total. The van der Waals surface area contributed by atoms with Crippen LogP contribution < -0.4 is 0 Å². The molecule has 33 rings (SSSR count). The quantitative estimate of drug-likeness (QED) is 0.142. The van der Waals surface area contributed by atoms with E-state index in [1.807, 2.05) is 66.7 Å². The molecular formula is C136H80N8O3. The lowest BCUT2D eigenvalue weighted by Gasteiger charge is -2.32. The van der Waals surface area contributed by atoms with Gasteiger partial charge in [0.15, 0.2) is 5.69 Å². The molecule has 3 aliphatic rings. The number of rotatable bonds is 8. The van der Waals surface area contributed by atoms with Gasteiger partial charge in [0.1, 0.15) is 33.5 Å². The van der Waals surface area contributed by atoms with E-state index < -0.39 is 0 Å². The van der Waals surface area contributed by atoms with E-state index in [9.17, 15) is 5.26 Å². The maximum Gasteiger partial charge on any atom is 0.187 e. The van der Waals surface area contributed by atoms with Crippen LogP contribution in [0.15, 0.2) is 486 Å². The van der Waals surface area contributed by atoms with Crippen molar-refractivity contribution in [3.8, 4) is 56.8 Å². The molecule has 0 spiro atoms. The van der Waals surface area contributed by atoms with Crippen molar-refractivity contribution < 1.29 is 13.3 Å². The lowest BCUT2D eigenvalue weighted by atomic mass is 9.75. The number of para-hydroxylation sites is 9. The second-order valence-corrected chi connectivity index (χ2v) is 38.8. The highest BCUT2D eigenvalue weighted by molar-refractivity contribution is 6.35. The number of allylic oxidation sites excluding steroid dienone is 8. The molecule has 0 aliphatic heterocycles. The van der Waals surface area contributed by atoms with E-state index in [1.165, 1.54) is 115 Å². The number of furan rings is 3. The van der Waals surface area contributed by atoms with Crippen LogP contribution in [0.1, 0.15) is 16.7 Å². The smallest absolute Gasteiger partial charge is 0.187 e. The third kappa shape index (κ3) is 11.9. The number of benzene rings is 21. The van der Waals surface area contributed by atoms with Crippen LogP contribution in [0.5, 0.6) is 0 Å². The second-order valence-electron chi connectivity index (χ2n) is 38.8. The van der Waals surface area contributed by atoms with Crippen LogP contribution in [0.2, 0.25) is 0 Å². The minimum atomic E-state index is 0.190. The second kappa shape index (κ2) is 31.8. The zero-order valence-electron chi connectivity index (χ0n) is 79.0. The zero-order valence-corrected chi connectivity index (χ0v) is 79.0. The number of aromatic nitrogens is 6. The van der Waals surface area contributed by atoms with Crippen LogP contribution in [-0.4, -0.2) is 27.4 Å². The molecule has 0 N–H and O–H groups in total. The van der Waals surface area contributed by atoms with Crippen LogP contribution >= 0.6 is 0 Å². The van der Waals surface area contributed by atoms with Gasteiger partial charge in [-0.3, -0.25) is 0 Å². The number of nitriles is 1. The van der Waals surface area contributed by atoms with E-state index in [0.29, 0.717) is 11.3 Å². The minimum absolute atomic E-state index is 0.190. The molecule has 0 saturated heterocycles. The van der Waals surface area contributed by atoms with E-state index in [-0.39, 0.29) is 11.8 Å². The number of nitrogens with zero attached hydrogens (tertiary/aromatic N) is 8. The summed E-state index contributed by atoms with van der Waals surface area (Å²) in [6.45, 7) is 7.54. The third-order valence-corrected chi connectivity index (χ3v) is 31.3. The molecule has 0 fully saturated rings. The van der Waals surface area contributed by atoms with Gasteiger partial charge in [0, 0.05) is 126 Å². The van der Waals surface area contributed by atoms with Crippen molar-refractivity contribution in [3.05, 3.63) is 501 Å². The summed E-state index contributed by atoms with van der Waals surface area (Å²) < 4.78 is 34.8. The summed E-state index contributed by atoms with van der Waals surface area (Å²) in [5.41, 5.74) is 37.1. The molecule has 2 atom stereocenters. The summed E-state index contributed by atoms with van der Waals surface area (Å²) in [6.07, 6.45) is 11.8. The maximum atomic E-state index is 9.58. The van der Waals surface area contributed by atoms with Crippen molar-refractivity contribution in [1.82, 2.24) is 27.4 Å². The summed E-state index contributed by atoms with van der Waals surface area (Å²) >= 11 is 0. The summed E-state index contributed by atoms with van der Waals surface area (Å²) in [5.74, 6) is 0.477. The molecule has 9 aromatic heterocycles. The predicted octanol–water partition coefficient (Wildman–Crippen LogP) is 36.4. The van der Waals surface area contributed by atoms with Crippen molar-refractivity contribution in [3.63, 3.8) is 0 Å². The minimum Gasteiger partial charge on any atom is -0.455 e. The van der Waals surface area contributed by atoms with E-state index in [1.54, 1.807) is 0 Å². The third-order valence-electron chi connectivity index (χ3n) is 31.3. The van der Waals surface area contributed by atoms with Crippen molar-refractivity contribution in [2.45, 2.75) is 0 Å². The molecule has 21 aromatic carbocycles. The van der Waals surface area contributed by atoms with Crippen LogP contribution in [0.25, 0.3) is 280 Å². The first-order valence-corrected chi connectivity index (χ1v) is 50.0. The number of fused-ring (bicyclic) bond motifs is 37. The van der Waals surface area contributed by atoms with E-state index in [2.05, 4.69) is 445 Å².